The first-order valence-electron chi connectivity index (χ1n) is 13.3. The summed E-state index contributed by atoms with van der Waals surface area (Å²) in [5.41, 5.74) is 8.41. The minimum absolute atomic E-state index is 0.0984. The lowest BCUT2D eigenvalue weighted by atomic mass is 9.88. The van der Waals surface area contributed by atoms with E-state index in [2.05, 4.69) is 84.3 Å². The number of rotatable bonds is 9. The summed E-state index contributed by atoms with van der Waals surface area (Å²) in [5, 5.41) is 7.19. The van der Waals surface area contributed by atoms with Crippen molar-refractivity contribution < 1.29 is 4.79 Å². The maximum atomic E-state index is 12.8. The summed E-state index contributed by atoms with van der Waals surface area (Å²) in [7, 11) is 0. The fourth-order valence-corrected chi connectivity index (χ4v) is 5.09. The zero-order valence-electron chi connectivity index (χ0n) is 21.9. The normalized spacial score (nSPS) is 14.2. The third-order valence-electron chi connectivity index (χ3n) is 6.98. The summed E-state index contributed by atoms with van der Waals surface area (Å²) >= 11 is 0. The van der Waals surface area contributed by atoms with Crippen molar-refractivity contribution in [1.29, 1.82) is 0 Å². The second-order valence-corrected chi connectivity index (χ2v) is 9.60. The number of nitrogens with zero attached hydrogens (tertiary/aromatic N) is 1. The molecule has 2 N–H and O–H groups in total. The van der Waals surface area contributed by atoms with Crippen molar-refractivity contribution in [3.63, 3.8) is 0 Å². The number of carbonyl (C=O) groups excluding carboxylic acids is 1. The van der Waals surface area contributed by atoms with Crippen molar-refractivity contribution in [3.8, 4) is 0 Å². The highest BCUT2D eigenvalue weighted by molar-refractivity contribution is 5.95. The highest BCUT2D eigenvalue weighted by Gasteiger charge is 2.17. The van der Waals surface area contributed by atoms with Crippen LogP contribution in [0, 0.1) is 0 Å². The number of hydrogen-bond acceptors (Lipinski definition) is 3. The van der Waals surface area contributed by atoms with Gasteiger partial charge in [0.2, 0.25) is 0 Å². The molecule has 1 heterocycles. The quantitative estimate of drug-likeness (QED) is 0.372. The van der Waals surface area contributed by atoms with Crippen LogP contribution in [0.25, 0.3) is 5.57 Å². The molecule has 1 aliphatic heterocycles. The Morgan fingerprint density at radius 2 is 1.53 bits per heavy atom. The molecule has 36 heavy (non-hydrogen) atoms. The van der Waals surface area contributed by atoms with Gasteiger partial charge in [0.25, 0.3) is 5.91 Å². The Morgan fingerprint density at radius 3 is 2.19 bits per heavy atom. The van der Waals surface area contributed by atoms with Crippen molar-refractivity contribution >= 4 is 17.2 Å². The van der Waals surface area contributed by atoms with E-state index in [0.29, 0.717) is 6.04 Å². The second-order valence-electron chi connectivity index (χ2n) is 9.60. The zero-order chi connectivity index (χ0) is 25.3. The first kappa shape index (κ1) is 25.7. The lowest BCUT2D eigenvalue weighted by Crippen LogP contribution is -2.30. The van der Waals surface area contributed by atoms with Crippen LogP contribution >= 0.6 is 0 Å². The van der Waals surface area contributed by atoms with Gasteiger partial charge in [-0.1, -0.05) is 60.2 Å². The summed E-state index contributed by atoms with van der Waals surface area (Å²) in [5.74, 6) is 0.0984. The summed E-state index contributed by atoms with van der Waals surface area (Å²) < 4.78 is 0. The number of amides is 1. The largest absolute Gasteiger partial charge is 0.382 e. The van der Waals surface area contributed by atoms with Gasteiger partial charge < -0.3 is 15.5 Å². The van der Waals surface area contributed by atoms with Crippen LogP contribution in [0.5, 0.6) is 0 Å². The number of piperidine rings is 1. The molecule has 1 fully saturated rings. The zero-order valence-corrected chi connectivity index (χ0v) is 21.9. The van der Waals surface area contributed by atoms with Gasteiger partial charge in [0.1, 0.15) is 0 Å². The highest BCUT2D eigenvalue weighted by atomic mass is 16.2. The third-order valence-corrected chi connectivity index (χ3v) is 6.98. The molecule has 1 atom stereocenters. The summed E-state index contributed by atoms with van der Waals surface area (Å²) in [6.45, 7) is 9.74. The van der Waals surface area contributed by atoms with E-state index in [1.807, 2.05) is 30.9 Å². The first-order valence-corrected chi connectivity index (χ1v) is 13.3. The van der Waals surface area contributed by atoms with E-state index in [1.165, 1.54) is 27.8 Å². The van der Waals surface area contributed by atoms with Gasteiger partial charge in [-0.05, 0) is 99.7 Å². The molecule has 0 aromatic heterocycles. The Hall–Kier alpha value is -3.37. The highest BCUT2D eigenvalue weighted by Crippen LogP contribution is 2.33. The standard InChI is InChI=1S/C32H39N3O/c1-4-35(5-2)32(36)28-16-14-26(15-17-28)31(27-18-20-33-21-19-27)29-12-9-13-30(23-29)34-24(3)22-25-10-7-6-8-11-25/h6-17,23-24,33-34H,4-5,18-22H2,1-3H3. The van der Waals surface area contributed by atoms with E-state index in [-0.39, 0.29) is 5.91 Å². The van der Waals surface area contributed by atoms with Crippen molar-refractivity contribution in [3.05, 3.63) is 107 Å². The summed E-state index contributed by atoms with van der Waals surface area (Å²) in [6.07, 6.45) is 3.06. The van der Waals surface area contributed by atoms with E-state index in [4.69, 9.17) is 0 Å². The molecule has 1 amide bonds. The monoisotopic (exact) mass is 481 g/mol. The Balaban J connectivity index is 1.61. The molecule has 1 aliphatic rings. The van der Waals surface area contributed by atoms with Gasteiger partial charge in [0.15, 0.2) is 0 Å². The van der Waals surface area contributed by atoms with Crippen LogP contribution in [0.1, 0.15) is 60.7 Å². The van der Waals surface area contributed by atoms with E-state index in [0.717, 1.165) is 56.7 Å². The fourth-order valence-electron chi connectivity index (χ4n) is 5.09. The molecular formula is C32H39N3O. The summed E-state index contributed by atoms with van der Waals surface area (Å²) in [6, 6.07) is 28.0. The van der Waals surface area contributed by atoms with Gasteiger partial charge in [-0.3, -0.25) is 4.79 Å². The molecule has 3 aromatic carbocycles. The number of anilines is 1. The van der Waals surface area contributed by atoms with Gasteiger partial charge in [0, 0.05) is 30.4 Å². The predicted molar refractivity (Wildman–Crippen MR) is 151 cm³/mol. The molecule has 0 saturated carbocycles. The average Bonchev–Trinajstić information content (AvgIpc) is 2.91. The van der Waals surface area contributed by atoms with E-state index in [1.54, 1.807) is 0 Å². The Labute approximate surface area is 216 Å². The molecule has 1 saturated heterocycles. The topological polar surface area (TPSA) is 44.4 Å². The van der Waals surface area contributed by atoms with E-state index < -0.39 is 0 Å². The molecule has 4 rings (SSSR count). The minimum atomic E-state index is 0.0984. The molecule has 4 heteroatoms. The number of hydrogen-bond donors (Lipinski definition) is 2. The van der Waals surface area contributed by atoms with Gasteiger partial charge in [0.05, 0.1) is 0 Å². The number of nitrogens with one attached hydrogen (secondary N) is 2. The average molecular weight is 482 g/mol. The predicted octanol–water partition coefficient (Wildman–Crippen LogP) is 6.40. The van der Waals surface area contributed by atoms with Gasteiger partial charge >= 0.3 is 0 Å². The van der Waals surface area contributed by atoms with Crippen molar-refractivity contribution in [1.82, 2.24) is 10.2 Å². The molecular weight excluding hydrogens is 442 g/mol. The smallest absolute Gasteiger partial charge is 0.253 e. The molecule has 0 aliphatic carbocycles. The molecule has 1 unspecified atom stereocenters. The van der Waals surface area contributed by atoms with Crippen LogP contribution in [-0.4, -0.2) is 43.0 Å². The Bertz CT molecular complexity index is 1160. The first-order chi connectivity index (χ1) is 17.6. The Kier molecular flexibility index (Phi) is 8.96. The van der Waals surface area contributed by atoms with Crippen LogP contribution < -0.4 is 10.6 Å². The number of carbonyl (C=O) groups is 1. The molecule has 4 nitrogen and oxygen atoms in total. The maximum absolute atomic E-state index is 12.8. The maximum Gasteiger partial charge on any atom is 0.253 e. The molecule has 0 radical (unpaired) electrons. The van der Waals surface area contributed by atoms with Crippen LogP contribution in [0.2, 0.25) is 0 Å². The van der Waals surface area contributed by atoms with Crippen LogP contribution in [0.4, 0.5) is 5.69 Å². The van der Waals surface area contributed by atoms with Crippen LogP contribution in [0.3, 0.4) is 0 Å². The van der Waals surface area contributed by atoms with Gasteiger partial charge in [-0.25, -0.2) is 0 Å². The molecule has 3 aromatic rings. The fraction of sp³-hybridized carbons (Fsp3) is 0.344. The summed E-state index contributed by atoms with van der Waals surface area (Å²) in [4.78, 5) is 14.7. The Morgan fingerprint density at radius 1 is 0.861 bits per heavy atom. The van der Waals surface area contributed by atoms with Gasteiger partial charge in [-0.15, -0.1) is 0 Å². The lowest BCUT2D eigenvalue weighted by Gasteiger charge is -2.23. The lowest BCUT2D eigenvalue weighted by molar-refractivity contribution is 0.0773. The SMILES string of the molecule is CCN(CC)C(=O)c1ccc(C(=C2CCNCC2)c2cccc(NC(C)Cc3ccccc3)c2)cc1. The van der Waals surface area contributed by atoms with Crippen LogP contribution in [-0.2, 0) is 6.42 Å². The van der Waals surface area contributed by atoms with E-state index in [9.17, 15) is 4.79 Å². The van der Waals surface area contributed by atoms with Crippen molar-refractivity contribution in [2.75, 3.05) is 31.5 Å². The minimum Gasteiger partial charge on any atom is -0.382 e. The van der Waals surface area contributed by atoms with Crippen LogP contribution in [0.15, 0.2) is 84.4 Å². The van der Waals surface area contributed by atoms with Crippen molar-refractivity contribution in [2.24, 2.45) is 0 Å². The molecule has 0 spiro atoms. The third kappa shape index (κ3) is 6.44. The van der Waals surface area contributed by atoms with E-state index >= 15 is 0 Å². The molecule has 0 bridgehead atoms. The van der Waals surface area contributed by atoms with Gasteiger partial charge in [-0.2, -0.15) is 0 Å². The second kappa shape index (κ2) is 12.5. The molecule has 188 valence electrons. The number of benzene rings is 3. The van der Waals surface area contributed by atoms with Crippen molar-refractivity contribution in [2.45, 2.75) is 46.1 Å².